The molecule has 0 spiro atoms. The van der Waals surface area contributed by atoms with Crippen molar-refractivity contribution in [2.45, 2.75) is 13.3 Å². The first-order valence-electron chi connectivity index (χ1n) is 5.49. The lowest BCUT2D eigenvalue weighted by atomic mass is 10.3. The number of hydrogen-bond donors (Lipinski definition) is 2. The zero-order valence-corrected chi connectivity index (χ0v) is 9.88. The topological polar surface area (TPSA) is 88.2 Å². The van der Waals surface area contributed by atoms with E-state index in [0.717, 1.165) is 11.5 Å². The lowest BCUT2D eigenvalue weighted by Gasteiger charge is -2.06. The highest BCUT2D eigenvalue weighted by Gasteiger charge is 2.10. The molecule has 6 nitrogen and oxygen atoms in total. The molecule has 6 heteroatoms. The molecule has 2 aromatic rings. The predicted octanol–water partition coefficient (Wildman–Crippen LogP) is 1.73. The van der Waals surface area contributed by atoms with Crippen molar-refractivity contribution in [2.75, 3.05) is 11.9 Å². The van der Waals surface area contributed by atoms with Crippen LogP contribution in [0.25, 0.3) is 0 Å². The van der Waals surface area contributed by atoms with E-state index in [-0.39, 0.29) is 5.56 Å². The standard InChI is InChI=1S/C12H13N3O3/c1-8-2-3-9(18-8)4-5-14-11-10(12(16)17)6-13-7-15-11/h2-3,6-7H,4-5H2,1H3,(H,16,17)(H,13,14,15). The van der Waals surface area contributed by atoms with Crippen LogP contribution in [0.5, 0.6) is 0 Å². The van der Waals surface area contributed by atoms with Crippen molar-refractivity contribution in [1.82, 2.24) is 9.97 Å². The van der Waals surface area contributed by atoms with Crippen molar-refractivity contribution in [1.29, 1.82) is 0 Å². The summed E-state index contributed by atoms with van der Waals surface area (Å²) in [5, 5.41) is 11.9. The van der Waals surface area contributed by atoms with Crippen LogP contribution in [0.15, 0.2) is 29.1 Å². The van der Waals surface area contributed by atoms with Gasteiger partial charge < -0.3 is 14.8 Å². The minimum Gasteiger partial charge on any atom is -0.477 e. The average Bonchev–Trinajstić information content (AvgIpc) is 2.75. The fraction of sp³-hybridized carbons (Fsp3) is 0.250. The fourth-order valence-corrected chi connectivity index (χ4v) is 1.55. The molecule has 0 fully saturated rings. The number of nitrogens with one attached hydrogen (secondary N) is 1. The van der Waals surface area contributed by atoms with Crippen molar-refractivity contribution in [2.24, 2.45) is 0 Å². The maximum Gasteiger partial charge on any atom is 0.341 e. The molecule has 0 aliphatic carbocycles. The molecular formula is C12H13N3O3. The molecule has 0 radical (unpaired) electrons. The summed E-state index contributed by atoms with van der Waals surface area (Å²) in [7, 11) is 0. The smallest absolute Gasteiger partial charge is 0.341 e. The third-order valence-corrected chi connectivity index (χ3v) is 2.40. The van der Waals surface area contributed by atoms with Crippen molar-refractivity contribution in [3.8, 4) is 0 Å². The van der Waals surface area contributed by atoms with E-state index >= 15 is 0 Å². The maximum absolute atomic E-state index is 10.9. The van der Waals surface area contributed by atoms with Gasteiger partial charge in [0.1, 0.15) is 29.2 Å². The van der Waals surface area contributed by atoms with Crippen LogP contribution in [0, 0.1) is 6.92 Å². The van der Waals surface area contributed by atoms with Crippen molar-refractivity contribution >= 4 is 11.8 Å². The highest BCUT2D eigenvalue weighted by molar-refractivity contribution is 5.92. The molecule has 94 valence electrons. The Kier molecular flexibility index (Phi) is 3.57. The molecule has 0 aliphatic heterocycles. The maximum atomic E-state index is 10.9. The Morgan fingerprint density at radius 2 is 2.33 bits per heavy atom. The number of nitrogens with zero attached hydrogens (tertiary/aromatic N) is 2. The number of aryl methyl sites for hydroxylation is 1. The number of aromatic nitrogens is 2. The molecule has 0 saturated heterocycles. The summed E-state index contributed by atoms with van der Waals surface area (Å²) < 4.78 is 5.41. The molecule has 0 aliphatic rings. The molecule has 0 saturated carbocycles. The van der Waals surface area contributed by atoms with Gasteiger partial charge in [0.05, 0.1) is 0 Å². The third-order valence-electron chi connectivity index (χ3n) is 2.40. The van der Waals surface area contributed by atoms with Crippen LogP contribution in [0.4, 0.5) is 5.82 Å². The molecule has 0 aromatic carbocycles. The monoisotopic (exact) mass is 247 g/mol. The minimum atomic E-state index is -1.05. The highest BCUT2D eigenvalue weighted by atomic mass is 16.4. The van der Waals surface area contributed by atoms with E-state index in [1.165, 1.54) is 12.5 Å². The second kappa shape index (κ2) is 5.31. The number of anilines is 1. The molecule has 0 bridgehead atoms. The first-order chi connectivity index (χ1) is 8.66. The van der Waals surface area contributed by atoms with Crippen molar-refractivity contribution < 1.29 is 14.3 Å². The number of carboxylic acid groups (broad SMARTS) is 1. The van der Waals surface area contributed by atoms with Gasteiger partial charge in [0.25, 0.3) is 0 Å². The summed E-state index contributed by atoms with van der Waals surface area (Å²) >= 11 is 0. The number of hydrogen-bond acceptors (Lipinski definition) is 5. The lowest BCUT2D eigenvalue weighted by molar-refractivity contribution is 0.0697. The summed E-state index contributed by atoms with van der Waals surface area (Å²) in [6, 6.07) is 3.79. The number of carbonyl (C=O) groups is 1. The van der Waals surface area contributed by atoms with Gasteiger partial charge >= 0.3 is 5.97 Å². The first kappa shape index (κ1) is 12.1. The van der Waals surface area contributed by atoms with Gasteiger partial charge in [0.2, 0.25) is 0 Å². The van der Waals surface area contributed by atoms with E-state index in [1.807, 2.05) is 19.1 Å². The van der Waals surface area contributed by atoms with Gasteiger partial charge in [-0.05, 0) is 19.1 Å². The molecule has 0 atom stereocenters. The van der Waals surface area contributed by atoms with Crippen LogP contribution in [0.2, 0.25) is 0 Å². The van der Waals surface area contributed by atoms with E-state index in [2.05, 4.69) is 15.3 Å². The Morgan fingerprint density at radius 3 is 3.00 bits per heavy atom. The van der Waals surface area contributed by atoms with E-state index in [0.29, 0.717) is 18.8 Å². The number of furan rings is 1. The largest absolute Gasteiger partial charge is 0.477 e. The molecule has 2 rings (SSSR count). The van der Waals surface area contributed by atoms with E-state index < -0.39 is 5.97 Å². The molecule has 2 aromatic heterocycles. The van der Waals surface area contributed by atoms with Crippen LogP contribution in [0.3, 0.4) is 0 Å². The Bertz CT molecular complexity index is 551. The van der Waals surface area contributed by atoms with Crippen LogP contribution < -0.4 is 5.32 Å². The summed E-state index contributed by atoms with van der Waals surface area (Å²) in [6.07, 6.45) is 3.25. The van der Waals surface area contributed by atoms with Crippen molar-refractivity contribution in [3.63, 3.8) is 0 Å². The Hall–Kier alpha value is -2.37. The SMILES string of the molecule is Cc1ccc(CCNc2ncncc2C(=O)O)o1. The van der Waals surface area contributed by atoms with E-state index in [9.17, 15) is 4.79 Å². The number of carboxylic acids is 1. The minimum absolute atomic E-state index is 0.0631. The second-order valence-corrected chi connectivity index (χ2v) is 3.78. The highest BCUT2D eigenvalue weighted by Crippen LogP contribution is 2.11. The molecule has 2 N–H and O–H groups in total. The number of aromatic carboxylic acids is 1. The zero-order chi connectivity index (χ0) is 13.0. The van der Waals surface area contributed by atoms with E-state index in [4.69, 9.17) is 9.52 Å². The predicted molar refractivity (Wildman–Crippen MR) is 64.6 cm³/mol. The van der Waals surface area contributed by atoms with Crippen LogP contribution >= 0.6 is 0 Å². The van der Waals surface area contributed by atoms with Gasteiger partial charge in [0, 0.05) is 19.2 Å². The number of rotatable bonds is 5. The van der Waals surface area contributed by atoms with E-state index in [1.54, 1.807) is 0 Å². The van der Waals surface area contributed by atoms with Gasteiger partial charge in [0.15, 0.2) is 0 Å². The van der Waals surface area contributed by atoms with Crippen LogP contribution in [-0.2, 0) is 6.42 Å². The van der Waals surface area contributed by atoms with Gasteiger partial charge in [-0.1, -0.05) is 0 Å². The van der Waals surface area contributed by atoms with Gasteiger partial charge in [-0.25, -0.2) is 14.8 Å². The first-order valence-corrected chi connectivity index (χ1v) is 5.49. The molecule has 0 unspecified atom stereocenters. The average molecular weight is 247 g/mol. The summed E-state index contributed by atoms with van der Waals surface area (Å²) in [5.74, 6) is 0.983. The van der Waals surface area contributed by atoms with Gasteiger partial charge in [-0.2, -0.15) is 0 Å². The fourth-order valence-electron chi connectivity index (χ4n) is 1.55. The Morgan fingerprint density at radius 1 is 1.50 bits per heavy atom. The van der Waals surface area contributed by atoms with Crippen LogP contribution in [-0.4, -0.2) is 27.6 Å². The van der Waals surface area contributed by atoms with Gasteiger partial charge in [-0.15, -0.1) is 0 Å². The normalized spacial score (nSPS) is 10.3. The summed E-state index contributed by atoms with van der Waals surface area (Å²) in [5.41, 5.74) is 0.0631. The molecule has 2 heterocycles. The molecule has 0 amide bonds. The lowest BCUT2D eigenvalue weighted by Crippen LogP contribution is -2.11. The van der Waals surface area contributed by atoms with Crippen LogP contribution in [0.1, 0.15) is 21.9 Å². The summed E-state index contributed by atoms with van der Waals surface area (Å²) in [4.78, 5) is 18.5. The third kappa shape index (κ3) is 2.85. The second-order valence-electron chi connectivity index (χ2n) is 3.78. The Balaban J connectivity index is 1.96. The van der Waals surface area contributed by atoms with Gasteiger partial charge in [-0.3, -0.25) is 0 Å². The zero-order valence-electron chi connectivity index (χ0n) is 9.88. The quantitative estimate of drug-likeness (QED) is 0.836. The molecule has 18 heavy (non-hydrogen) atoms. The summed E-state index contributed by atoms with van der Waals surface area (Å²) in [6.45, 7) is 2.42. The van der Waals surface area contributed by atoms with Crippen molar-refractivity contribution in [3.05, 3.63) is 41.7 Å². The molecular weight excluding hydrogens is 234 g/mol. The Labute approximate surface area is 104 Å².